The first-order valence-corrected chi connectivity index (χ1v) is 5.55. The maximum atomic E-state index is 10.7. The smallest absolute Gasteiger partial charge is 0.306 e. The molecule has 94 valence electrons. The van der Waals surface area contributed by atoms with Crippen LogP contribution in [0, 0.1) is 0 Å². The topological polar surface area (TPSA) is 46.5 Å². The number of aliphatic carboxylic acids is 1. The molecule has 0 heterocycles. The van der Waals surface area contributed by atoms with E-state index in [4.69, 9.17) is 9.84 Å². The van der Waals surface area contributed by atoms with E-state index < -0.39 is 5.97 Å². The molecule has 0 saturated heterocycles. The molecule has 2 atom stereocenters. The fourth-order valence-corrected chi connectivity index (χ4v) is 1.58. The molecule has 1 N–H and O–H groups in total. The highest BCUT2D eigenvalue weighted by molar-refractivity contribution is 5.67. The average Bonchev–Trinajstić information content (AvgIpc) is 1.98. The zero-order valence-electron chi connectivity index (χ0n) is 10.9. The lowest BCUT2D eigenvalue weighted by Gasteiger charge is -2.29. The molecule has 0 aromatic carbocycles. The fourth-order valence-electron chi connectivity index (χ4n) is 1.58. The number of rotatable bonds is 7. The number of quaternary nitrogens is 1. The standard InChI is InChI=1S/C12H23NO3/c1-6-7-10(2)16-11(8-12(14)15)9-13(3,4)5/h6-7,10-11H,8-9H2,1-5H3/p+1/b7-6+/t10?,11-/m1/s1. The number of carbonyl (C=O) groups is 1. The van der Waals surface area contributed by atoms with Gasteiger partial charge in [0.05, 0.1) is 33.7 Å². The van der Waals surface area contributed by atoms with E-state index in [0.29, 0.717) is 11.0 Å². The normalized spacial score (nSPS) is 16.3. The molecular weight excluding hydrogens is 206 g/mol. The number of ether oxygens (including phenoxy) is 1. The summed E-state index contributed by atoms with van der Waals surface area (Å²) < 4.78 is 6.39. The summed E-state index contributed by atoms with van der Waals surface area (Å²) in [5.74, 6) is -0.814. The van der Waals surface area contributed by atoms with Gasteiger partial charge in [-0.15, -0.1) is 0 Å². The van der Waals surface area contributed by atoms with E-state index in [1.165, 1.54) is 0 Å². The van der Waals surface area contributed by atoms with Crippen molar-refractivity contribution in [1.29, 1.82) is 0 Å². The van der Waals surface area contributed by atoms with Crippen LogP contribution in [0.3, 0.4) is 0 Å². The molecule has 0 rings (SSSR count). The van der Waals surface area contributed by atoms with E-state index >= 15 is 0 Å². The Morgan fingerprint density at radius 2 is 2.00 bits per heavy atom. The zero-order chi connectivity index (χ0) is 12.8. The molecule has 0 aliphatic rings. The Labute approximate surface area is 98.1 Å². The number of allylic oxidation sites excluding steroid dienone is 1. The molecule has 0 amide bonds. The predicted octanol–water partition coefficient (Wildman–Crippen LogP) is 1.52. The van der Waals surface area contributed by atoms with Crippen LogP contribution in [-0.4, -0.2) is 55.5 Å². The molecule has 0 aromatic heterocycles. The largest absolute Gasteiger partial charge is 0.481 e. The summed E-state index contributed by atoms with van der Waals surface area (Å²) in [5.41, 5.74) is 0. The van der Waals surface area contributed by atoms with Gasteiger partial charge in [-0.05, 0) is 13.8 Å². The molecule has 0 aliphatic carbocycles. The van der Waals surface area contributed by atoms with Gasteiger partial charge in [0, 0.05) is 0 Å². The Bertz CT molecular complexity index is 243. The van der Waals surface area contributed by atoms with Gasteiger partial charge >= 0.3 is 5.97 Å². The van der Waals surface area contributed by atoms with E-state index in [-0.39, 0.29) is 18.6 Å². The van der Waals surface area contributed by atoms with Crippen LogP contribution in [0.2, 0.25) is 0 Å². The van der Waals surface area contributed by atoms with Gasteiger partial charge in [0.1, 0.15) is 12.6 Å². The minimum Gasteiger partial charge on any atom is -0.481 e. The molecular formula is C12H24NO3+. The Morgan fingerprint density at radius 1 is 1.44 bits per heavy atom. The molecule has 0 spiro atoms. The van der Waals surface area contributed by atoms with Crippen molar-refractivity contribution in [3.63, 3.8) is 0 Å². The Balaban J connectivity index is 4.37. The highest BCUT2D eigenvalue weighted by Gasteiger charge is 2.22. The van der Waals surface area contributed by atoms with Gasteiger partial charge < -0.3 is 14.3 Å². The summed E-state index contributed by atoms with van der Waals surface area (Å²) in [4.78, 5) is 10.7. The minimum absolute atomic E-state index is 0.0408. The van der Waals surface area contributed by atoms with Crippen LogP contribution in [0.25, 0.3) is 0 Å². The third kappa shape index (κ3) is 8.44. The van der Waals surface area contributed by atoms with Crippen LogP contribution >= 0.6 is 0 Å². The SMILES string of the molecule is C/C=C/C(C)O[C@H](CC(=O)O)C[N+](C)(C)C. The summed E-state index contributed by atoms with van der Waals surface area (Å²) in [6, 6.07) is 0. The number of likely N-dealkylation sites (N-methyl/N-ethyl adjacent to an activating group) is 1. The lowest BCUT2D eigenvalue weighted by Crippen LogP contribution is -2.43. The van der Waals surface area contributed by atoms with E-state index in [0.717, 1.165) is 0 Å². The molecule has 0 aliphatic heterocycles. The maximum absolute atomic E-state index is 10.7. The van der Waals surface area contributed by atoms with Crippen molar-refractivity contribution in [3.8, 4) is 0 Å². The van der Waals surface area contributed by atoms with Gasteiger partial charge in [0.15, 0.2) is 0 Å². The summed E-state index contributed by atoms with van der Waals surface area (Å²) >= 11 is 0. The second-order valence-electron chi connectivity index (χ2n) is 5.06. The second-order valence-corrected chi connectivity index (χ2v) is 5.06. The van der Waals surface area contributed by atoms with Gasteiger partial charge in [-0.1, -0.05) is 12.2 Å². The summed E-state index contributed by atoms with van der Waals surface area (Å²) in [6.45, 7) is 4.53. The minimum atomic E-state index is -0.814. The van der Waals surface area contributed by atoms with Gasteiger partial charge in [-0.3, -0.25) is 4.79 Å². The van der Waals surface area contributed by atoms with Crippen LogP contribution in [0.1, 0.15) is 20.3 Å². The number of hydrogen-bond acceptors (Lipinski definition) is 2. The first-order chi connectivity index (χ1) is 7.24. The van der Waals surface area contributed by atoms with Crippen molar-refractivity contribution in [3.05, 3.63) is 12.2 Å². The molecule has 4 nitrogen and oxygen atoms in total. The Kier molecular flexibility index (Phi) is 6.29. The van der Waals surface area contributed by atoms with Crippen molar-refractivity contribution >= 4 is 5.97 Å². The highest BCUT2D eigenvalue weighted by atomic mass is 16.5. The van der Waals surface area contributed by atoms with Crippen LogP contribution in [0.15, 0.2) is 12.2 Å². The number of carboxylic acids is 1. The monoisotopic (exact) mass is 230 g/mol. The lowest BCUT2D eigenvalue weighted by molar-refractivity contribution is -0.873. The summed E-state index contributed by atoms with van der Waals surface area (Å²) in [5, 5.41) is 8.82. The Morgan fingerprint density at radius 3 is 2.38 bits per heavy atom. The first kappa shape index (κ1) is 15.1. The van der Waals surface area contributed by atoms with Crippen molar-refractivity contribution in [1.82, 2.24) is 0 Å². The van der Waals surface area contributed by atoms with Gasteiger partial charge in [0.25, 0.3) is 0 Å². The van der Waals surface area contributed by atoms with Crippen LogP contribution in [-0.2, 0) is 9.53 Å². The molecule has 16 heavy (non-hydrogen) atoms. The van der Waals surface area contributed by atoms with Crippen LogP contribution in [0.5, 0.6) is 0 Å². The molecule has 0 radical (unpaired) electrons. The van der Waals surface area contributed by atoms with E-state index in [1.54, 1.807) is 0 Å². The van der Waals surface area contributed by atoms with Gasteiger partial charge in [-0.2, -0.15) is 0 Å². The molecule has 4 heteroatoms. The molecule has 0 fully saturated rings. The predicted molar refractivity (Wildman–Crippen MR) is 64.3 cm³/mol. The maximum Gasteiger partial charge on any atom is 0.306 e. The number of hydrogen-bond donors (Lipinski definition) is 1. The average molecular weight is 230 g/mol. The third-order valence-corrected chi connectivity index (χ3v) is 2.02. The summed E-state index contributed by atoms with van der Waals surface area (Å²) in [7, 11) is 6.08. The zero-order valence-corrected chi connectivity index (χ0v) is 10.9. The number of nitrogens with zero attached hydrogens (tertiary/aromatic N) is 1. The second kappa shape index (κ2) is 6.66. The first-order valence-electron chi connectivity index (χ1n) is 5.55. The van der Waals surface area contributed by atoms with E-state index in [2.05, 4.69) is 0 Å². The third-order valence-electron chi connectivity index (χ3n) is 2.02. The Hall–Kier alpha value is -0.870. The van der Waals surface area contributed by atoms with Crippen molar-refractivity contribution in [2.75, 3.05) is 27.7 Å². The quantitative estimate of drug-likeness (QED) is 0.533. The molecule has 0 bridgehead atoms. The van der Waals surface area contributed by atoms with E-state index in [1.807, 2.05) is 47.1 Å². The molecule has 1 unspecified atom stereocenters. The fraction of sp³-hybridized carbons (Fsp3) is 0.750. The van der Waals surface area contributed by atoms with Crippen molar-refractivity contribution < 1.29 is 19.1 Å². The van der Waals surface area contributed by atoms with Gasteiger partial charge in [-0.25, -0.2) is 0 Å². The van der Waals surface area contributed by atoms with Crippen LogP contribution < -0.4 is 0 Å². The highest BCUT2D eigenvalue weighted by Crippen LogP contribution is 2.08. The molecule has 0 aromatic rings. The van der Waals surface area contributed by atoms with Crippen molar-refractivity contribution in [2.45, 2.75) is 32.5 Å². The van der Waals surface area contributed by atoms with E-state index in [9.17, 15) is 4.79 Å². The van der Waals surface area contributed by atoms with Gasteiger partial charge in [0.2, 0.25) is 0 Å². The van der Waals surface area contributed by atoms with Crippen LogP contribution in [0.4, 0.5) is 0 Å². The molecule has 0 saturated carbocycles. The lowest BCUT2D eigenvalue weighted by atomic mass is 10.2. The van der Waals surface area contributed by atoms with Crippen molar-refractivity contribution in [2.24, 2.45) is 0 Å². The summed E-state index contributed by atoms with van der Waals surface area (Å²) in [6.07, 6.45) is 3.60. The number of carboxylic acid groups (broad SMARTS) is 1.